The molecular formula is C24H30N6O4. The fourth-order valence-electron chi connectivity index (χ4n) is 3.95. The molecule has 2 fully saturated rings. The molecule has 34 heavy (non-hydrogen) atoms. The number of aromatic nitrogens is 2. The first-order chi connectivity index (χ1) is 16.4. The monoisotopic (exact) mass is 466 g/mol. The second kappa shape index (κ2) is 10.8. The van der Waals surface area contributed by atoms with E-state index in [0.29, 0.717) is 36.0 Å². The largest absolute Gasteiger partial charge is 0.489 e. The van der Waals surface area contributed by atoms with E-state index in [1.165, 1.54) is 23.9 Å². The van der Waals surface area contributed by atoms with Crippen LogP contribution in [-0.2, 0) is 16.0 Å². The highest BCUT2D eigenvalue weighted by molar-refractivity contribution is 6.00. The lowest BCUT2D eigenvalue weighted by atomic mass is 10.1. The zero-order valence-electron chi connectivity index (χ0n) is 19.8. The maximum atomic E-state index is 13.0. The van der Waals surface area contributed by atoms with Gasteiger partial charge in [0.1, 0.15) is 34.7 Å². The van der Waals surface area contributed by atoms with Crippen molar-refractivity contribution in [2.45, 2.75) is 45.6 Å². The fraction of sp³-hybridized carbons (Fsp3) is 0.500. The fourth-order valence-corrected chi connectivity index (χ4v) is 3.95. The third-order valence-electron chi connectivity index (χ3n) is 5.67. The molecule has 10 heteroatoms. The van der Waals surface area contributed by atoms with Gasteiger partial charge in [-0.3, -0.25) is 15.1 Å². The van der Waals surface area contributed by atoms with E-state index in [4.69, 9.17) is 19.2 Å². The number of hydrogen-bond acceptors (Lipinski definition) is 8. The van der Waals surface area contributed by atoms with E-state index in [0.717, 1.165) is 25.2 Å². The van der Waals surface area contributed by atoms with Crippen LogP contribution in [0.2, 0.25) is 0 Å². The van der Waals surface area contributed by atoms with Crippen LogP contribution in [0.4, 0.5) is 16.4 Å². The molecule has 10 nitrogen and oxygen atoms in total. The Morgan fingerprint density at radius 2 is 2.06 bits per heavy atom. The molecule has 0 radical (unpaired) electrons. The van der Waals surface area contributed by atoms with Crippen molar-refractivity contribution in [3.63, 3.8) is 0 Å². The van der Waals surface area contributed by atoms with Crippen LogP contribution < -0.4 is 15.0 Å². The van der Waals surface area contributed by atoms with Gasteiger partial charge in [0.05, 0.1) is 25.5 Å². The van der Waals surface area contributed by atoms with Crippen molar-refractivity contribution in [3.05, 3.63) is 41.2 Å². The van der Waals surface area contributed by atoms with Gasteiger partial charge in [-0.25, -0.2) is 14.8 Å². The standard InChI is InChI=1S/C24H30N6O4/c1-16(2)34-19-12-20(26-14-18(19)13-25)27-24(31)29(3)21-7-6-17(15-30-8-4-5-9-30)22(28-21)23-32-10-11-33-23/h6-7,12,14,16,23H,4-5,8-11,15H2,1-3H3,(H,26,27,31). The predicted octanol–water partition coefficient (Wildman–Crippen LogP) is 3.44. The average Bonchev–Trinajstić information content (AvgIpc) is 3.53. The van der Waals surface area contributed by atoms with Crippen LogP contribution in [0.15, 0.2) is 24.4 Å². The molecule has 0 unspecified atom stereocenters. The van der Waals surface area contributed by atoms with Gasteiger partial charge >= 0.3 is 6.03 Å². The minimum absolute atomic E-state index is 0.123. The highest BCUT2D eigenvalue weighted by Gasteiger charge is 2.26. The van der Waals surface area contributed by atoms with Crippen LogP contribution in [0.3, 0.4) is 0 Å². The molecule has 2 aromatic rings. The summed E-state index contributed by atoms with van der Waals surface area (Å²) in [5.74, 6) is 1.11. The van der Waals surface area contributed by atoms with Crippen LogP contribution >= 0.6 is 0 Å². The number of nitrogens with zero attached hydrogens (tertiary/aromatic N) is 5. The van der Waals surface area contributed by atoms with E-state index in [2.05, 4.69) is 15.2 Å². The Bertz CT molecular complexity index is 1060. The number of ether oxygens (including phenoxy) is 3. The molecule has 4 heterocycles. The molecule has 0 atom stereocenters. The van der Waals surface area contributed by atoms with Crippen molar-refractivity contribution < 1.29 is 19.0 Å². The number of carbonyl (C=O) groups is 1. The molecule has 4 rings (SSSR count). The number of nitriles is 1. The Morgan fingerprint density at radius 1 is 1.32 bits per heavy atom. The van der Waals surface area contributed by atoms with Gasteiger partial charge in [-0.05, 0) is 51.4 Å². The van der Waals surface area contributed by atoms with E-state index in [-0.39, 0.29) is 11.9 Å². The molecule has 2 aliphatic rings. The van der Waals surface area contributed by atoms with Crippen molar-refractivity contribution >= 4 is 17.7 Å². The first-order valence-corrected chi connectivity index (χ1v) is 11.5. The first kappa shape index (κ1) is 23.9. The Kier molecular flexibility index (Phi) is 7.57. The van der Waals surface area contributed by atoms with Crippen LogP contribution in [-0.4, -0.2) is 60.4 Å². The maximum absolute atomic E-state index is 13.0. The Balaban J connectivity index is 1.52. The summed E-state index contributed by atoms with van der Waals surface area (Å²) in [6.45, 7) is 7.66. The van der Waals surface area contributed by atoms with Gasteiger partial charge in [-0.2, -0.15) is 5.26 Å². The number of pyridine rings is 2. The molecule has 0 saturated carbocycles. The number of hydrogen-bond donors (Lipinski definition) is 1. The molecule has 0 bridgehead atoms. The molecule has 2 aromatic heterocycles. The topological polar surface area (TPSA) is 113 Å². The number of rotatable bonds is 7. The first-order valence-electron chi connectivity index (χ1n) is 11.5. The summed E-state index contributed by atoms with van der Waals surface area (Å²) in [7, 11) is 1.63. The second-order valence-corrected chi connectivity index (χ2v) is 8.60. The molecule has 0 aromatic carbocycles. The third-order valence-corrected chi connectivity index (χ3v) is 5.67. The van der Waals surface area contributed by atoms with Gasteiger partial charge in [-0.15, -0.1) is 0 Å². The zero-order valence-corrected chi connectivity index (χ0v) is 19.8. The minimum Gasteiger partial charge on any atom is -0.489 e. The number of likely N-dealkylation sites (tertiary alicyclic amines) is 1. The predicted molar refractivity (Wildman–Crippen MR) is 126 cm³/mol. The number of nitrogens with one attached hydrogen (secondary N) is 1. The van der Waals surface area contributed by atoms with Crippen LogP contribution in [0.5, 0.6) is 5.75 Å². The molecule has 1 N–H and O–H groups in total. The number of carbonyl (C=O) groups excluding carboxylic acids is 1. The summed E-state index contributed by atoms with van der Waals surface area (Å²) in [5.41, 5.74) is 2.04. The zero-order chi connectivity index (χ0) is 24.1. The van der Waals surface area contributed by atoms with Gasteiger partial charge in [0, 0.05) is 19.7 Å². The molecule has 2 saturated heterocycles. The smallest absolute Gasteiger partial charge is 0.328 e. The van der Waals surface area contributed by atoms with Gasteiger partial charge in [-0.1, -0.05) is 6.07 Å². The molecular weight excluding hydrogens is 436 g/mol. The summed E-state index contributed by atoms with van der Waals surface area (Å²) in [6, 6.07) is 6.97. The maximum Gasteiger partial charge on any atom is 0.328 e. The summed E-state index contributed by atoms with van der Waals surface area (Å²) in [5, 5.41) is 12.0. The van der Waals surface area contributed by atoms with Gasteiger partial charge in [0.2, 0.25) is 6.29 Å². The SMILES string of the molecule is CC(C)Oc1cc(NC(=O)N(C)c2ccc(CN3CCCC3)c(C3OCCO3)n2)ncc1C#N. The third kappa shape index (κ3) is 5.62. The van der Waals surface area contributed by atoms with E-state index >= 15 is 0 Å². The van der Waals surface area contributed by atoms with Crippen molar-refractivity contribution in [2.24, 2.45) is 0 Å². The lowest BCUT2D eigenvalue weighted by Crippen LogP contribution is -2.32. The average molecular weight is 467 g/mol. The second-order valence-electron chi connectivity index (χ2n) is 8.60. The minimum atomic E-state index is -0.537. The summed E-state index contributed by atoms with van der Waals surface area (Å²) in [6.07, 6.45) is 3.12. The van der Waals surface area contributed by atoms with E-state index in [1.807, 2.05) is 32.0 Å². The van der Waals surface area contributed by atoms with Crippen molar-refractivity contribution in [3.8, 4) is 11.8 Å². The van der Waals surface area contributed by atoms with E-state index in [9.17, 15) is 10.1 Å². The van der Waals surface area contributed by atoms with Gasteiger partial charge in [0.15, 0.2) is 0 Å². The van der Waals surface area contributed by atoms with E-state index < -0.39 is 12.3 Å². The lowest BCUT2D eigenvalue weighted by molar-refractivity contribution is -0.0481. The van der Waals surface area contributed by atoms with Crippen LogP contribution in [0, 0.1) is 11.3 Å². The normalized spacial score (nSPS) is 16.6. The van der Waals surface area contributed by atoms with Crippen molar-refractivity contribution in [1.29, 1.82) is 5.26 Å². The highest BCUT2D eigenvalue weighted by atomic mass is 16.7. The summed E-state index contributed by atoms with van der Waals surface area (Å²) in [4.78, 5) is 25.6. The molecule has 2 aliphatic heterocycles. The van der Waals surface area contributed by atoms with Crippen molar-refractivity contribution in [2.75, 3.05) is 43.6 Å². The Hall–Kier alpha value is -3.26. The number of amides is 2. The molecule has 0 spiro atoms. The van der Waals surface area contributed by atoms with Crippen LogP contribution in [0.25, 0.3) is 0 Å². The Morgan fingerprint density at radius 3 is 2.74 bits per heavy atom. The molecule has 2 amide bonds. The summed E-state index contributed by atoms with van der Waals surface area (Å²) >= 11 is 0. The van der Waals surface area contributed by atoms with Gasteiger partial charge < -0.3 is 14.2 Å². The van der Waals surface area contributed by atoms with Crippen molar-refractivity contribution in [1.82, 2.24) is 14.9 Å². The number of anilines is 2. The Labute approximate surface area is 199 Å². The molecule has 0 aliphatic carbocycles. The highest BCUT2D eigenvalue weighted by Crippen LogP contribution is 2.29. The summed E-state index contributed by atoms with van der Waals surface area (Å²) < 4.78 is 17.1. The van der Waals surface area contributed by atoms with Crippen LogP contribution in [0.1, 0.15) is 49.8 Å². The lowest BCUT2D eigenvalue weighted by Gasteiger charge is -2.22. The molecule has 180 valence electrons. The quantitative estimate of drug-likeness (QED) is 0.660. The van der Waals surface area contributed by atoms with E-state index in [1.54, 1.807) is 13.1 Å². The van der Waals surface area contributed by atoms with Gasteiger partial charge in [0.25, 0.3) is 0 Å². The number of urea groups is 1.